The molecule has 5 heteroatoms. The van der Waals surface area contributed by atoms with E-state index in [0.29, 0.717) is 5.69 Å². The van der Waals surface area contributed by atoms with E-state index in [1.54, 1.807) is 6.07 Å². The van der Waals surface area contributed by atoms with Gasteiger partial charge in [0, 0.05) is 31.2 Å². The van der Waals surface area contributed by atoms with Crippen LogP contribution in [0, 0.1) is 18.6 Å². The number of hydrogen-bond acceptors (Lipinski definition) is 3. The number of anilines is 4. The maximum absolute atomic E-state index is 13.7. The molecule has 0 atom stereocenters. The summed E-state index contributed by atoms with van der Waals surface area (Å²) in [5.74, 6) is -1.43. The fraction of sp³-hybridized carbons (Fsp3) is 0.200. The van der Waals surface area contributed by atoms with Gasteiger partial charge in [-0.1, -0.05) is 6.07 Å². The van der Waals surface area contributed by atoms with Crippen LogP contribution in [0.1, 0.15) is 5.56 Å². The molecule has 0 aliphatic heterocycles. The summed E-state index contributed by atoms with van der Waals surface area (Å²) < 4.78 is 27.5. The minimum atomic E-state index is -0.713. The Morgan fingerprint density at radius 1 is 1.05 bits per heavy atom. The van der Waals surface area contributed by atoms with E-state index in [1.807, 2.05) is 38.1 Å². The predicted octanol–water partition coefficient (Wildman–Crippen LogP) is 3.67. The van der Waals surface area contributed by atoms with Gasteiger partial charge in [0.2, 0.25) is 0 Å². The molecule has 0 heterocycles. The minimum absolute atomic E-state index is 0.0587. The zero-order chi connectivity index (χ0) is 14.9. The lowest BCUT2D eigenvalue weighted by Crippen LogP contribution is -2.10. The Balaban J connectivity index is 2.38. The van der Waals surface area contributed by atoms with Crippen molar-refractivity contribution in [2.75, 3.05) is 30.0 Å². The summed E-state index contributed by atoms with van der Waals surface area (Å²) in [5.41, 5.74) is 7.92. The average molecular weight is 277 g/mol. The standard InChI is InChI=1S/C15H17F2N3/c1-9-4-5-11(8-14(9)20(2)3)19-15-12(16)6-10(18)7-13(15)17/h4-8,19H,18H2,1-3H3. The van der Waals surface area contributed by atoms with Crippen LogP contribution in [0.25, 0.3) is 0 Å². The van der Waals surface area contributed by atoms with Gasteiger partial charge >= 0.3 is 0 Å². The number of hydrogen-bond donors (Lipinski definition) is 2. The highest BCUT2D eigenvalue weighted by atomic mass is 19.1. The molecule has 0 bridgehead atoms. The van der Waals surface area contributed by atoms with Crippen LogP contribution in [-0.4, -0.2) is 14.1 Å². The normalized spacial score (nSPS) is 10.4. The molecular formula is C15H17F2N3. The molecule has 0 fully saturated rings. The Morgan fingerprint density at radius 3 is 2.20 bits per heavy atom. The number of nitrogens with two attached hydrogens (primary N) is 1. The van der Waals surface area contributed by atoms with Crippen LogP contribution < -0.4 is 16.0 Å². The smallest absolute Gasteiger partial charge is 0.151 e. The highest BCUT2D eigenvalue weighted by Crippen LogP contribution is 2.28. The molecule has 0 aliphatic rings. The van der Waals surface area contributed by atoms with E-state index in [4.69, 9.17) is 5.73 Å². The summed E-state index contributed by atoms with van der Waals surface area (Å²) in [7, 11) is 3.83. The highest BCUT2D eigenvalue weighted by molar-refractivity contribution is 5.68. The van der Waals surface area contributed by atoms with E-state index in [-0.39, 0.29) is 11.4 Å². The van der Waals surface area contributed by atoms with Gasteiger partial charge in [0.05, 0.1) is 0 Å². The van der Waals surface area contributed by atoms with E-state index >= 15 is 0 Å². The van der Waals surface area contributed by atoms with Crippen molar-refractivity contribution in [3.05, 3.63) is 47.5 Å². The van der Waals surface area contributed by atoms with Gasteiger partial charge in [0.1, 0.15) is 5.69 Å². The number of nitrogens with one attached hydrogen (secondary N) is 1. The van der Waals surface area contributed by atoms with Crippen LogP contribution in [0.15, 0.2) is 30.3 Å². The first-order valence-corrected chi connectivity index (χ1v) is 6.18. The van der Waals surface area contributed by atoms with Crippen LogP contribution in [0.5, 0.6) is 0 Å². The summed E-state index contributed by atoms with van der Waals surface area (Å²) in [5, 5.41) is 2.76. The molecule has 2 aromatic rings. The summed E-state index contributed by atoms with van der Waals surface area (Å²) in [4.78, 5) is 1.94. The molecule has 0 saturated carbocycles. The number of benzene rings is 2. The number of aryl methyl sites for hydroxylation is 1. The van der Waals surface area contributed by atoms with Gasteiger partial charge in [-0.15, -0.1) is 0 Å². The molecule has 0 aromatic heterocycles. The molecule has 2 rings (SSSR count). The van der Waals surface area contributed by atoms with Crippen LogP contribution >= 0.6 is 0 Å². The Morgan fingerprint density at radius 2 is 1.65 bits per heavy atom. The molecule has 0 radical (unpaired) electrons. The zero-order valence-electron chi connectivity index (χ0n) is 11.7. The number of nitrogen functional groups attached to an aromatic ring is 1. The van der Waals surface area contributed by atoms with Crippen molar-refractivity contribution in [2.45, 2.75) is 6.92 Å². The van der Waals surface area contributed by atoms with Gasteiger partial charge in [-0.25, -0.2) is 8.78 Å². The molecular weight excluding hydrogens is 260 g/mol. The Kier molecular flexibility index (Phi) is 3.79. The molecule has 0 aliphatic carbocycles. The maximum atomic E-state index is 13.7. The van der Waals surface area contributed by atoms with Crippen LogP contribution in [0.4, 0.5) is 31.5 Å². The summed E-state index contributed by atoms with van der Waals surface area (Å²) in [6, 6.07) is 7.69. The first-order valence-electron chi connectivity index (χ1n) is 6.18. The van der Waals surface area contributed by atoms with Gasteiger partial charge in [-0.3, -0.25) is 0 Å². The molecule has 20 heavy (non-hydrogen) atoms. The van der Waals surface area contributed by atoms with E-state index in [2.05, 4.69) is 5.32 Å². The SMILES string of the molecule is Cc1ccc(Nc2c(F)cc(N)cc2F)cc1N(C)C. The predicted molar refractivity (Wildman–Crippen MR) is 79.6 cm³/mol. The van der Waals surface area contributed by atoms with Crippen molar-refractivity contribution < 1.29 is 8.78 Å². The van der Waals surface area contributed by atoms with Crippen LogP contribution in [0.3, 0.4) is 0 Å². The first-order chi connectivity index (χ1) is 9.38. The van der Waals surface area contributed by atoms with Gasteiger partial charge < -0.3 is 16.0 Å². The summed E-state index contributed by atoms with van der Waals surface area (Å²) >= 11 is 0. The third-order valence-electron chi connectivity index (χ3n) is 3.02. The number of halogens is 2. The monoisotopic (exact) mass is 277 g/mol. The molecule has 0 spiro atoms. The van der Waals surface area contributed by atoms with Crippen molar-refractivity contribution in [3.8, 4) is 0 Å². The Bertz CT molecular complexity index is 616. The lowest BCUT2D eigenvalue weighted by molar-refractivity contribution is 0.592. The largest absolute Gasteiger partial charge is 0.399 e. The fourth-order valence-corrected chi connectivity index (χ4v) is 2.03. The van der Waals surface area contributed by atoms with E-state index < -0.39 is 11.6 Å². The van der Waals surface area contributed by atoms with Gasteiger partial charge in [0.25, 0.3) is 0 Å². The first kappa shape index (κ1) is 14.1. The molecule has 3 N–H and O–H groups in total. The molecule has 2 aromatic carbocycles. The third-order valence-corrected chi connectivity index (χ3v) is 3.02. The van der Waals surface area contributed by atoms with E-state index in [9.17, 15) is 8.78 Å². The lowest BCUT2D eigenvalue weighted by Gasteiger charge is -2.18. The average Bonchev–Trinajstić information content (AvgIpc) is 2.35. The number of nitrogens with zero attached hydrogens (tertiary/aromatic N) is 1. The lowest BCUT2D eigenvalue weighted by atomic mass is 10.1. The quantitative estimate of drug-likeness (QED) is 0.841. The van der Waals surface area contributed by atoms with Gasteiger partial charge in [0.15, 0.2) is 11.6 Å². The van der Waals surface area contributed by atoms with Crippen molar-refractivity contribution >= 4 is 22.7 Å². The molecule has 106 valence electrons. The molecule has 3 nitrogen and oxygen atoms in total. The third kappa shape index (κ3) is 2.82. The highest BCUT2D eigenvalue weighted by Gasteiger charge is 2.11. The second kappa shape index (κ2) is 5.36. The zero-order valence-corrected chi connectivity index (χ0v) is 11.7. The molecule has 0 unspecified atom stereocenters. The maximum Gasteiger partial charge on any atom is 0.151 e. The van der Waals surface area contributed by atoms with Crippen LogP contribution in [-0.2, 0) is 0 Å². The number of rotatable bonds is 3. The van der Waals surface area contributed by atoms with Crippen molar-refractivity contribution in [2.24, 2.45) is 0 Å². The summed E-state index contributed by atoms with van der Waals surface area (Å²) in [6.45, 7) is 1.98. The van der Waals surface area contributed by atoms with Crippen LogP contribution in [0.2, 0.25) is 0 Å². The Hall–Kier alpha value is -2.30. The van der Waals surface area contributed by atoms with Gasteiger partial charge in [-0.2, -0.15) is 0 Å². The van der Waals surface area contributed by atoms with Crippen molar-refractivity contribution in [1.82, 2.24) is 0 Å². The minimum Gasteiger partial charge on any atom is -0.399 e. The Labute approximate surface area is 117 Å². The molecule has 0 amide bonds. The summed E-state index contributed by atoms with van der Waals surface area (Å²) in [6.07, 6.45) is 0. The van der Waals surface area contributed by atoms with Gasteiger partial charge in [-0.05, 0) is 36.8 Å². The fourth-order valence-electron chi connectivity index (χ4n) is 2.03. The topological polar surface area (TPSA) is 41.3 Å². The van der Waals surface area contributed by atoms with E-state index in [1.165, 1.54) is 0 Å². The molecule has 0 saturated heterocycles. The second-order valence-corrected chi connectivity index (χ2v) is 4.88. The second-order valence-electron chi connectivity index (χ2n) is 4.88. The van der Waals surface area contributed by atoms with Crippen molar-refractivity contribution in [3.63, 3.8) is 0 Å². The van der Waals surface area contributed by atoms with Crippen molar-refractivity contribution in [1.29, 1.82) is 0 Å². The van der Waals surface area contributed by atoms with E-state index in [0.717, 1.165) is 23.4 Å².